The predicted molar refractivity (Wildman–Crippen MR) is 88.8 cm³/mol. The number of amides is 2. The lowest BCUT2D eigenvalue weighted by atomic mass is 10.1. The van der Waals surface area contributed by atoms with Crippen molar-refractivity contribution < 1.29 is 9.59 Å². The number of hydrogen-bond acceptors (Lipinski definition) is 4. The summed E-state index contributed by atoms with van der Waals surface area (Å²) in [7, 11) is 0. The molecule has 7 nitrogen and oxygen atoms in total. The van der Waals surface area contributed by atoms with Crippen LogP contribution < -0.4 is 16.8 Å². The van der Waals surface area contributed by atoms with Crippen LogP contribution in [0, 0.1) is 13.8 Å². The Morgan fingerprint density at radius 2 is 2.14 bits per heavy atom. The lowest BCUT2D eigenvalue weighted by molar-refractivity contribution is -0.121. The van der Waals surface area contributed by atoms with Crippen LogP contribution in [0.15, 0.2) is 28.2 Å². The Hall–Kier alpha value is -2.35. The van der Waals surface area contributed by atoms with Gasteiger partial charge in [0.15, 0.2) is 11.1 Å². The molecule has 0 aromatic heterocycles. The number of anilines is 1. The summed E-state index contributed by atoms with van der Waals surface area (Å²) in [5.74, 6) is -0.818. The molecule has 8 heteroatoms. The highest BCUT2D eigenvalue weighted by Gasteiger charge is 2.30. The quantitative estimate of drug-likeness (QED) is 0.564. The number of guanidine groups is 1. The van der Waals surface area contributed by atoms with Gasteiger partial charge in [-0.25, -0.2) is 0 Å². The summed E-state index contributed by atoms with van der Waals surface area (Å²) in [6, 6.07) is 5.79. The zero-order chi connectivity index (χ0) is 16.3. The van der Waals surface area contributed by atoms with Gasteiger partial charge in [-0.15, -0.1) is 0 Å². The standard InChI is InChI=1S/C14H17N5O2S/c1-7-3-4-8(2)9(5-7)17-11(20)6-10-12(21)18-14(22-10)19-13(15)16/h3-5,10H,6H2,1-2H3,(H,17,20)(H4,15,16,18,19,21)/t10-/m1/s1. The van der Waals surface area contributed by atoms with Gasteiger partial charge >= 0.3 is 0 Å². The van der Waals surface area contributed by atoms with E-state index in [9.17, 15) is 9.59 Å². The van der Waals surface area contributed by atoms with E-state index >= 15 is 0 Å². The van der Waals surface area contributed by atoms with Crippen LogP contribution in [-0.4, -0.2) is 28.2 Å². The van der Waals surface area contributed by atoms with Gasteiger partial charge in [-0.05, 0) is 31.0 Å². The van der Waals surface area contributed by atoms with E-state index in [0.717, 1.165) is 28.6 Å². The fraction of sp³-hybridized carbons (Fsp3) is 0.286. The van der Waals surface area contributed by atoms with E-state index in [1.165, 1.54) is 0 Å². The Labute approximate surface area is 132 Å². The summed E-state index contributed by atoms with van der Waals surface area (Å²) >= 11 is 1.09. The molecule has 0 spiro atoms. The minimum absolute atomic E-state index is 0.0177. The molecule has 1 aromatic rings. The van der Waals surface area contributed by atoms with Crippen LogP contribution in [0.2, 0.25) is 0 Å². The van der Waals surface area contributed by atoms with Gasteiger partial charge in [0, 0.05) is 12.1 Å². The van der Waals surface area contributed by atoms with Crippen LogP contribution in [0.4, 0.5) is 5.69 Å². The molecule has 0 fully saturated rings. The minimum atomic E-state index is -0.594. The van der Waals surface area contributed by atoms with Crippen molar-refractivity contribution >= 4 is 40.4 Å². The first kappa shape index (κ1) is 16.0. The van der Waals surface area contributed by atoms with Crippen LogP contribution >= 0.6 is 11.8 Å². The maximum atomic E-state index is 12.1. The molecule has 2 amide bonds. The molecule has 2 rings (SSSR count). The SMILES string of the molecule is Cc1ccc(C)c(NC(=O)C[C@H]2SC(N=C(N)N)=NC2=O)c1. The second kappa shape index (κ2) is 6.61. The highest BCUT2D eigenvalue weighted by Crippen LogP contribution is 2.26. The summed E-state index contributed by atoms with van der Waals surface area (Å²) in [6.07, 6.45) is 0.0177. The summed E-state index contributed by atoms with van der Waals surface area (Å²) in [5.41, 5.74) is 13.2. The van der Waals surface area contributed by atoms with E-state index in [1.54, 1.807) is 0 Å². The number of benzene rings is 1. The number of aryl methyl sites for hydroxylation is 2. The van der Waals surface area contributed by atoms with Gasteiger partial charge in [-0.2, -0.15) is 9.98 Å². The molecule has 1 aromatic carbocycles. The molecule has 1 heterocycles. The van der Waals surface area contributed by atoms with Gasteiger partial charge in [0.1, 0.15) is 5.25 Å². The molecular formula is C14H17N5O2S. The summed E-state index contributed by atoms with van der Waals surface area (Å²) in [5, 5.41) is 2.41. The van der Waals surface area contributed by atoms with Crippen molar-refractivity contribution in [2.45, 2.75) is 25.5 Å². The molecule has 22 heavy (non-hydrogen) atoms. The van der Waals surface area contributed by atoms with Crippen molar-refractivity contribution in [1.82, 2.24) is 0 Å². The smallest absolute Gasteiger partial charge is 0.262 e. The molecule has 0 saturated carbocycles. The van der Waals surface area contributed by atoms with E-state index in [2.05, 4.69) is 15.3 Å². The largest absolute Gasteiger partial charge is 0.370 e. The third kappa shape index (κ3) is 4.08. The van der Waals surface area contributed by atoms with Gasteiger partial charge in [0.05, 0.1) is 0 Å². The van der Waals surface area contributed by atoms with E-state index in [4.69, 9.17) is 11.5 Å². The maximum absolute atomic E-state index is 12.1. The number of carbonyl (C=O) groups is 2. The van der Waals surface area contributed by atoms with Crippen molar-refractivity contribution in [1.29, 1.82) is 0 Å². The lowest BCUT2D eigenvalue weighted by Crippen LogP contribution is -2.23. The Morgan fingerprint density at radius 3 is 2.82 bits per heavy atom. The zero-order valence-electron chi connectivity index (χ0n) is 12.3. The minimum Gasteiger partial charge on any atom is -0.370 e. The molecule has 0 unspecified atom stereocenters. The normalized spacial score (nSPS) is 17.1. The Bertz CT molecular complexity index is 680. The van der Waals surface area contributed by atoms with Gasteiger partial charge in [-0.1, -0.05) is 23.9 Å². The molecular weight excluding hydrogens is 302 g/mol. The Balaban J connectivity index is 1.98. The number of thioether (sulfide) groups is 1. The molecule has 1 atom stereocenters. The van der Waals surface area contributed by atoms with Crippen molar-refractivity contribution in [2.75, 3.05) is 5.32 Å². The highest BCUT2D eigenvalue weighted by atomic mass is 32.2. The lowest BCUT2D eigenvalue weighted by Gasteiger charge is -2.11. The summed E-state index contributed by atoms with van der Waals surface area (Å²) in [4.78, 5) is 31.3. The van der Waals surface area contributed by atoms with Gasteiger partial charge < -0.3 is 16.8 Å². The molecule has 0 aliphatic carbocycles. The average molecular weight is 319 g/mol. The van der Waals surface area contributed by atoms with Crippen molar-refractivity contribution in [3.05, 3.63) is 29.3 Å². The van der Waals surface area contributed by atoms with Crippen molar-refractivity contribution in [3.8, 4) is 0 Å². The zero-order valence-corrected chi connectivity index (χ0v) is 13.1. The second-order valence-corrected chi connectivity index (χ2v) is 6.12. The molecule has 116 valence electrons. The number of amidine groups is 1. The maximum Gasteiger partial charge on any atom is 0.262 e. The third-order valence-corrected chi connectivity index (χ3v) is 4.04. The average Bonchev–Trinajstić information content (AvgIpc) is 2.73. The monoisotopic (exact) mass is 319 g/mol. The van der Waals surface area contributed by atoms with E-state index in [1.807, 2.05) is 32.0 Å². The van der Waals surface area contributed by atoms with Gasteiger partial charge in [-0.3, -0.25) is 9.59 Å². The van der Waals surface area contributed by atoms with Gasteiger partial charge in [0.25, 0.3) is 5.91 Å². The van der Waals surface area contributed by atoms with Crippen LogP contribution in [0.5, 0.6) is 0 Å². The number of rotatable bonds is 3. The van der Waals surface area contributed by atoms with Gasteiger partial charge in [0.2, 0.25) is 5.91 Å². The molecule has 1 aliphatic heterocycles. The topological polar surface area (TPSA) is 123 Å². The third-order valence-electron chi connectivity index (χ3n) is 2.99. The van der Waals surface area contributed by atoms with Crippen LogP contribution in [0.3, 0.4) is 0 Å². The molecule has 0 bridgehead atoms. The predicted octanol–water partition coefficient (Wildman–Crippen LogP) is 0.903. The Kier molecular flexibility index (Phi) is 4.81. The number of aliphatic imine (C=N–C) groups is 2. The molecule has 0 radical (unpaired) electrons. The first-order valence-electron chi connectivity index (χ1n) is 6.61. The molecule has 1 aliphatic rings. The number of nitrogens with zero attached hydrogens (tertiary/aromatic N) is 2. The number of carbonyl (C=O) groups excluding carboxylic acids is 2. The second-order valence-electron chi connectivity index (χ2n) is 4.95. The first-order chi connectivity index (χ1) is 10.3. The summed E-state index contributed by atoms with van der Waals surface area (Å²) in [6.45, 7) is 3.85. The highest BCUT2D eigenvalue weighted by molar-refractivity contribution is 8.15. The Morgan fingerprint density at radius 1 is 1.41 bits per heavy atom. The van der Waals surface area contributed by atoms with Crippen molar-refractivity contribution in [3.63, 3.8) is 0 Å². The first-order valence-corrected chi connectivity index (χ1v) is 7.49. The van der Waals surface area contributed by atoms with Crippen LogP contribution in [0.1, 0.15) is 17.5 Å². The van der Waals surface area contributed by atoms with E-state index < -0.39 is 11.2 Å². The van der Waals surface area contributed by atoms with Crippen molar-refractivity contribution in [2.24, 2.45) is 21.5 Å². The number of nitrogens with two attached hydrogens (primary N) is 2. The van der Waals surface area contributed by atoms with E-state index in [0.29, 0.717) is 0 Å². The van der Waals surface area contributed by atoms with Crippen LogP contribution in [0.25, 0.3) is 0 Å². The molecule has 0 saturated heterocycles. The number of hydrogen-bond donors (Lipinski definition) is 3. The number of nitrogens with one attached hydrogen (secondary N) is 1. The fourth-order valence-corrected chi connectivity index (χ4v) is 2.84. The van der Waals surface area contributed by atoms with Crippen LogP contribution in [-0.2, 0) is 9.59 Å². The fourth-order valence-electron chi connectivity index (χ4n) is 1.90. The molecule has 5 N–H and O–H groups in total. The van der Waals surface area contributed by atoms with E-state index in [-0.39, 0.29) is 23.5 Å². The summed E-state index contributed by atoms with van der Waals surface area (Å²) < 4.78 is 0.